The van der Waals surface area contributed by atoms with Gasteiger partial charge in [0.05, 0.1) is 17.3 Å². The molecule has 36 heavy (non-hydrogen) atoms. The van der Waals surface area contributed by atoms with Crippen molar-refractivity contribution >= 4 is 23.4 Å². The number of nitrogens with one attached hydrogen (secondary N) is 1. The Hall–Kier alpha value is -4.26. The predicted molar refractivity (Wildman–Crippen MR) is 138 cm³/mol. The molecule has 0 saturated heterocycles. The van der Waals surface area contributed by atoms with E-state index in [4.69, 9.17) is 9.72 Å². The number of esters is 1. The molecular weight excluding hydrogens is 455 g/mol. The Kier molecular flexibility index (Phi) is 6.62. The summed E-state index contributed by atoms with van der Waals surface area (Å²) in [4.78, 5) is 24.4. The Labute approximate surface area is 209 Å². The van der Waals surface area contributed by atoms with Gasteiger partial charge in [-0.05, 0) is 67.8 Å². The lowest BCUT2D eigenvalue weighted by atomic mass is 9.93. The Morgan fingerprint density at radius 1 is 1.03 bits per heavy atom. The molecule has 1 atom stereocenters. The van der Waals surface area contributed by atoms with E-state index in [1.54, 1.807) is 36.4 Å². The predicted octanol–water partition coefficient (Wildman–Crippen LogP) is 6.15. The number of carbonyl (C=O) groups is 1. The number of ether oxygens (including phenoxy) is 1. The highest BCUT2D eigenvalue weighted by molar-refractivity contribution is 5.89. The summed E-state index contributed by atoms with van der Waals surface area (Å²) in [5.74, 6) is 0.408. The summed E-state index contributed by atoms with van der Waals surface area (Å²) in [6, 6.07) is 23.5. The number of hydrogen-bond donors (Lipinski definition) is 1. The highest BCUT2D eigenvalue weighted by Gasteiger charge is 2.27. The van der Waals surface area contributed by atoms with E-state index >= 15 is 0 Å². The smallest absolute Gasteiger partial charge is 0.338 e. The zero-order chi connectivity index (χ0) is 25.1. The highest BCUT2D eigenvalue weighted by Crippen LogP contribution is 2.35. The van der Waals surface area contributed by atoms with E-state index < -0.39 is 5.97 Å². The number of fused-ring (bicyclic) bond motifs is 1. The minimum Gasteiger partial charge on any atom is -0.456 e. The molecule has 182 valence electrons. The van der Waals surface area contributed by atoms with Crippen molar-refractivity contribution < 1.29 is 13.9 Å². The molecule has 5 rings (SSSR count). The van der Waals surface area contributed by atoms with E-state index in [1.807, 2.05) is 13.0 Å². The lowest BCUT2D eigenvalue weighted by Gasteiger charge is -2.37. The molecule has 1 aliphatic rings. The molecule has 0 radical (unpaired) electrons. The zero-order valence-electron chi connectivity index (χ0n) is 20.2. The minimum absolute atomic E-state index is 0.00594. The van der Waals surface area contributed by atoms with E-state index in [0.29, 0.717) is 22.9 Å². The molecule has 0 spiro atoms. The molecule has 1 aromatic heterocycles. The number of hydrogen-bond acceptors (Lipinski definition) is 6. The van der Waals surface area contributed by atoms with Crippen molar-refractivity contribution in [2.24, 2.45) is 0 Å². The molecule has 1 aliphatic heterocycles. The average Bonchev–Trinajstić information content (AvgIpc) is 2.91. The monoisotopic (exact) mass is 482 g/mol. The third-order valence-electron chi connectivity index (χ3n) is 6.54. The molecule has 2 heterocycles. The molecule has 3 aromatic carbocycles. The van der Waals surface area contributed by atoms with Gasteiger partial charge in [0.15, 0.2) is 0 Å². The Bertz CT molecular complexity index is 1380. The molecule has 0 fully saturated rings. The Morgan fingerprint density at radius 3 is 2.53 bits per heavy atom. The van der Waals surface area contributed by atoms with Crippen molar-refractivity contribution in [2.45, 2.75) is 32.9 Å². The summed E-state index contributed by atoms with van der Waals surface area (Å²) in [6.45, 7) is 4.93. The van der Waals surface area contributed by atoms with Gasteiger partial charge in [-0.15, -0.1) is 0 Å². The topological polar surface area (TPSA) is 67.3 Å². The first-order valence-electron chi connectivity index (χ1n) is 12.0. The van der Waals surface area contributed by atoms with Crippen molar-refractivity contribution in [2.75, 3.05) is 16.8 Å². The van der Waals surface area contributed by atoms with E-state index in [0.717, 1.165) is 24.3 Å². The standard InChI is InChI=1S/C29H27FN4O2/c1-19-26(18-36-28(35)22-9-4-3-5-10-22)32-29(31-24-14-12-23(30)13-15-24)33-27(19)34-17-16-21-8-6-7-11-25(21)20(34)2/h3-15,20H,16-18H2,1-2H3,(H,31,32,33). The van der Waals surface area contributed by atoms with Gasteiger partial charge in [-0.1, -0.05) is 42.5 Å². The Morgan fingerprint density at radius 2 is 1.75 bits per heavy atom. The fourth-order valence-electron chi connectivity index (χ4n) is 4.54. The van der Waals surface area contributed by atoms with Gasteiger partial charge >= 0.3 is 5.97 Å². The second-order valence-electron chi connectivity index (χ2n) is 8.83. The Balaban J connectivity index is 1.48. The molecule has 0 saturated carbocycles. The van der Waals surface area contributed by atoms with Gasteiger partial charge in [0.25, 0.3) is 0 Å². The van der Waals surface area contributed by atoms with Crippen LogP contribution in [-0.4, -0.2) is 22.5 Å². The molecule has 1 N–H and O–H groups in total. The van der Waals surface area contributed by atoms with Crippen LogP contribution in [0.25, 0.3) is 0 Å². The normalized spacial score (nSPS) is 14.8. The van der Waals surface area contributed by atoms with Gasteiger partial charge in [-0.2, -0.15) is 4.98 Å². The third kappa shape index (κ3) is 4.91. The molecule has 4 aromatic rings. The summed E-state index contributed by atoms with van der Waals surface area (Å²) in [5.41, 5.74) is 5.22. The molecule has 0 amide bonds. The van der Waals surface area contributed by atoms with Gasteiger partial charge in [0, 0.05) is 17.8 Å². The summed E-state index contributed by atoms with van der Waals surface area (Å²) in [5, 5.41) is 3.18. The lowest BCUT2D eigenvalue weighted by Crippen LogP contribution is -2.35. The second kappa shape index (κ2) is 10.2. The third-order valence-corrected chi connectivity index (χ3v) is 6.54. The number of carbonyl (C=O) groups excluding carboxylic acids is 1. The van der Waals surface area contributed by atoms with Gasteiger partial charge < -0.3 is 15.0 Å². The molecule has 6 nitrogen and oxygen atoms in total. The fourth-order valence-corrected chi connectivity index (χ4v) is 4.54. The van der Waals surface area contributed by atoms with Crippen LogP contribution >= 0.6 is 0 Å². The first-order chi connectivity index (χ1) is 17.5. The van der Waals surface area contributed by atoms with Crippen LogP contribution in [0.3, 0.4) is 0 Å². The van der Waals surface area contributed by atoms with Crippen LogP contribution in [0.2, 0.25) is 0 Å². The van der Waals surface area contributed by atoms with Crippen LogP contribution in [0.4, 0.5) is 21.8 Å². The molecular formula is C29H27FN4O2. The van der Waals surface area contributed by atoms with Gasteiger partial charge in [0.1, 0.15) is 18.2 Å². The van der Waals surface area contributed by atoms with Crippen LogP contribution < -0.4 is 10.2 Å². The average molecular weight is 483 g/mol. The molecule has 0 aliphatic carbocycles. The zero-order valence-corrected chi connectivity index (χ0v) is 20.2. The van der Waals surface area contributed by atoms with Crippen LogP contribution in [-0.2, 0) is 17.8 Å². The summed E-state index contributed by atoms with van der Waals surface area (Å²) < 4.78 is 19.0. The maximum Gasteiger partial charge on any atom is 0.338 e. The molecule has 0 bridgehead atoms. The van der Waals surface area contributed by atoms with Crippen LogP contribution in [0.1, 0.15) is 45.7 Å². The largest absolute Gasteiger partial charge is 0.456 e. The quantitative estimate of drug-likeness (QED) is 0.333. The fraction of sp³-hybridized carbons (Fsp3) is 0.207. The summed E-state index contributed by atoms with van der Waals surface area (Å²) >= 11 is 0. The number of rotatable bonds is 6. The highest BCUT2D eigenvalue weighted by atomic mass is 19.1. The van der Waals surface area contributed by atoms with E-state index in [1.165, 1.54) is 23.3 Å². The number of benzene rings is 3. The van der Waals surface area contributed by atoms with E-state index in [-0.39, 0.29) is 18.5 Å². The van der Waals surface area contributed by atoms with Crippen molar-refractivity contribution in [1.29, 1.82) is 0 Å². The molecule has 7 heteroatoms. The first kappa shape index (κ1) is 23.5. The lowest BCUT2D eigenvalue weighted by molar-refractivity contribution is 0.0467. The van der Waals surface area contributed by atoms with Gasteiger partial charge in [0.2, 0.25) is 5.95 Å². The van der Waals surface area contributed by atoms with Crippen LogP contribution in [0.5, 0.6) is 0 Å². The first-order valence-corrected chi connectivity index (χ1v) is 12.0. The van der Waals surface area contributed by atoms with Crippen molar-refractivity contribution in [1.82, 2.24) is 9.97 Å². The molecule has 1 unspecified atom stereocenters. The maximum atomic E-state index is 13.4. The van der Waals surface area contributed by atoms with Crippen LogP contribution in [0, 0.1) is 12.7 Å². The van der Waals surface area contributed by atoms with Crippen molar-refractivity contribution in [3.05, 3.63) is 113 Å². The van der Waals surface area contributed by atoms with Gasteiger partial charge in [-0.3, -0.25) is 0 Å². The van der Waals surface area contributed by atoms with Crippen molar-refractivity contribution in [3.8, 4) is 0 Å². The van der Waals surface area contributed by atoms with Crippen LogP contribution in [0.15, 0.2) is 78.9 Å². The minimum atomic E-state index is -0.413. The van der Waals surface area contributed by atoms with E-state index in [9.17, 15) is 9.18 Å². The summed E-state index contributed by atoms with van der Waals surface area (Å²) in [6.07, 6.45) is 0.906. The van der Waals surface area contributed by atoms with Crippen molar-refractivity contribution in [3.63, 3.8) is 0 Å². The number of anilines is 3. The number of aromatic nitrogens is 2. The van der Waals surface area contributed by atoms with Gasteiger partial charge in [-0.25, -0.2) is 14.2 Å². The summed E-state index contributed by atoms with van der Waals surface area (Å²) in [7, 11) is 0. The second-order valence-corrected chi connectivity index (χ2v) is 8.83. The number of nitrogens with zero attached hydrogens (tertiary/aromatic N) is 3. The van der Waals surface area contributed by atoms with E-state index in [2.05, 4.69) is 46.4 Å². The number of halogens is 1. The maximum absolute atomic E-state index is 13.4. The SMILES string of the molecule is Cc1c(COC(=O)c2ccccc2)nc(Nc2ccc(F)cc2)nc1N1CCc2ccccc2C1C.